The third-order valence-electron chi connectivity index (χ3n) is 6.79. The number of hydrogen-bond donors (Lipinski definition) is 2. The van der Waals surface area contributed by atoms with Crippen LogP contribution in [-0.2, 0) is 23.9 Å². The largest absolute Gasteiger partial charge is 0.463 e. The maximum absolute atomic E-state index is 12.3. The number of ketones is 1. The lowest BCUT2D eigenvalue weighted by molar-refractivity contribution is -0.268. The molecule has 0 amide bonds. The smallest absolute Gasteiger partial charge is 0.342 e. The average molecular weight is 340 g/mol. The third-order valence-corrected chi connectivity index (χ3v) is 6.79. The van der Waals surface area contributed by atoms with Crippen LogP contribution in [-0.4, -0.2) is 52.4 Å². The topological polar surface area (TPSA) is 110 Å². The van der Waals surface area contributed by atoms with Gasteiger partial charge in [0.2, 0.25) is 5.60 Å². The zero-order chi connectivity index (χ0) is 18.1. The number of carbonyl (C=O) groups is 3. The Kier molecular flexibility index (Phi) is 3.63. The van der Waals surface area contributed by atoms with Crippen molar-refractivity contribution < 1.29 is 34.1 Å². The first-order chi connectivity index (χ1) is 11.2. The molecule has 0 aromatic rings. The van der Waals surface area contributed by atoms with E-state index in [9.17, 15) is 24.6 Å². The van der Waals surface area contributed by atoms with Crippen LogP contribution in [0.15, 0.2) is 0 Å². The zero-order valence-corrected chi connectivity index (χ0v) is 14.4. The van der Waals surface area contributed by atoms with Crippen molar-refractivity contribution >= 4 is 17.7 Å². The van der Waals surface area contributed by atoms with Gasteiger partial charge in [0.1, 0.15) is 18.5 Å². The van der Waals surface area contributed by atoms with Crippen LogP contribution >= 0.6 is 0 Å². The van der Waals surface area contributed by atoms with Crippen LogP contribution in [0.4, 0.5) is 0 Å². The molecule has 134 valence electrons. The Morgan fingerprint density at radius 2 is 1.83 bits per heavy atom. The Balaban J connectivity index is 0.000000815. The van der Waals surface area contributed by atoms with Gasteiger partial charge in [0.05, 0.1) is 0 Å². The van der Waals surface area contributed by atoms with Gasteiger partial charge in [-0.25, -0.2) is 9.59 Å². The fourth-order valence-electron chi connectivity index (χ4n) is 5.40. The van der Waals surface area contributed by atoms with Gasteiger partial charge >= 0.3 is 11.9 Å². The number of carbonyl (C=O) groups excluding carboxylic acids is 3. The first-order valence-electron chi connectivity index (χ1n) is 8.50. The fourth-order valence-corrected chi connectivity index (χ4v) is 5.40. The molecular formula is C17H24O7. The minimum Gasteiger partial charge on any atom is -0.463 e. The van der Waals surface area contributed by atoms with Gasteiger partial charge in [-0.3, -0.25) is 4.79 Å². The second-order valence-corrected chi connectivity index (χ2v) is 7.35. The molecule has 7 atom stereocenters. The predicted octanol–water partition coefficient (Wildman–Crippen LogP) is 0.208. The molecule has 7 heteroatoms. The summed E-state index contributed by atoms with van der Waals surface area (Å²) in [6, 6.07) is 0. The van der Waals surface area contributed by atoms with Crippen molar-refractivity contribution in [1.82, 2.24) is 0 Å². The number of esters is 2. The quantitative estimate of drug-likeness (QED) is 0.606. The van der Waals surface area contributed by atoms with E-state index in [1.165, 1.54) is 0 Å². The molecule has 2 N–H and O–H groups in total. The molecule has 4 rings (SSSR count). The molecule has 2 aliphatic heterocycles. The fraction of sp³-hybridized carbons (Fsp3) is 0.824. The Labute approximate surface area is 140 Å². The highest BCUT2D eigenvalue weighted by Crippen LogP contribution is 2.68. The molecule has 1 spiro atoms. The van der Waals surface area contributed by atoms with Crippen molar-refractivity contribution in [3.63, 3.8) is 0 Å². The van der Waals surface area contributed by atoms with Crippen LogP contribution < -0.4 is 0 Å². The van der Waals surface area contributed by atoms with E-state index in [0.29, 0.717) is 0 Å². The third kappa shape index (κ3) is 1.57. The molecule has 2 bridgehead atoms. The minimum absolute atomic E-state index is 0.0461. The average Bonchev–Trinajstić information content (AvgIpc) is 2.96. The molecule has 2 saturated heterocycles. The lowest BCUT2D eigenvalue weighted by atomic mass is 9.46. The number of fused-ring (bicyclic) bond motifs is 4. The van der Waals surface area contributed by atoms with Crippen molar-refractivity contribution in [2.24, 2.45) is 22.7 Å². The van der Waals surface area contributed by atoms with E-state index in [1.807, 2.05) is 13.8 Å². The van der Waals surface area contributed by atoms with E-state index in [-0.39, 0.29) is 25.2 Å². The lowest BCUT2D eigenvalue weighted by Crippen LogP contribution is -2.73. The molecular weight excluding hydrogens is 316 g/mol. The van der Waals surface area contributed by atoms with Crippen molar-refractivity contribution in [3.8, 4) is 0 Å². The Hall–Kier alpha value is -1.47. The highest BCUT2D eigenvalue weighted by atomic mass is 16.6. The van der Waals surface area contributed by atoms with Crippen molar-refractivity contribution in [2.45, 2.75) is 58.3 Å². The lowest BCUT2D eigenvalue weighted by Gasteiger charge is -2.59. The standard InChI is InChI=1S/C15H18O7.C2H6/c1-6-7(16)3-8-13(2)5-21-12(19)15(13,20)9-4-14(6,8)10(17)11(18)22-9;1-2/h6,8-10,17,20H,3-5H2,1-2H3;1-2H3/t6-,8?,9+,10+,13-,14+,15+;/m0./s1. The van der Waals surface area contributed by atoms with Gasteiger partial charge in [0, 0.05) is 23.2 Å². The number of ether oxygens (including phenoxy) is 2. The zero-order valence-electron chi connectivity index (χ0n) is 14.4. The first-order valence-corrected chi connectivity index (χ1v) is 8.50. The Morgan fingerprint density at radius 1 is 1.21 bits per heavy atom. The van der Waals surface area contributed by atoms with E-state index in [4.69, 9.17) is 9.47 Å². The van der Waals surface area contributed by atoms with E-state index in [1.54, 1.807) is 13.8 Å². The Morgan fingerprint density at radius 3 is 2.46 bits per heavy atom. The van der Waals surface area contributed by atoms with E-state index >= 15 is 0 Å². The molecule has 2 aliphatic carbocycles. The summed E-state index contributed by atoms with van der Waals surface area (Å²) in [4.78, 5) is 36.6. The van der Waals surface area contributed by atoms with E-state index in [0.717, 1.165) is 0 Å². The molecule has 0 aromatic carbocycles. The number of aliphatic hydroxyl groups is 2. The second kappa shape index (κ2) is 5.02. The summed E-state index contributed by atoms with van der Waals surface area (Å²) in [7, 11) is 0. The number of cyclic esters (lactones) is 1. The van der Waals surface area contributed by atoms with Crippen LogP contribution in [0.1, 0.15) is 40.5 Å². The maximum atomic E-state index is 12.3. The summed E-state index contributed by atoms with van der Waals surface area (Å²) in [6.07, 6.45) is -2.30. The molecule has 0 radical (unpaired) electrons. The number of hydrogen-bond acceptors (Lipinski definition) is 7. The summed E-state index contributed by atoms with van der Waals surface area (Å²) in [5, 5.41) is 21.5. The summed E-state index contributed by atoms with van der Waals surface area (Å²) in [5.74, 6) is -2.79. The molecule has 4 aliphatic rings. The van der Waals surface area contributed by atoms with Crippen molar-refractivity contribution in [2.75, 3.05) is 6.61 Å². The van der Waals surface area contributed by atoms with Gasteiger partial charge in [0.15, 0.2) is 6.10 Å². The summed E-state index contributed by atoms with van der Waals surface area (Å²) < 4.78 is 10.2. The highest BCUT2D eigenvalue weighted by Gasteiger charge is 2.80. The number of Topliss-reactive ketones (excluding diaryl/α,β-unsaturated/α-hetero) is 1. The van der Waals surface area contributed by atoms with Gasteiger partial charge < -0.3 is 19.7 Å². The van der Waals surface area contributed by atoms with E-state index in [2.05, 4.69) is 0 Å². The molecule has 7 nitrogen and oxygen atoms in total. The normalized spacial score (nSPS) is 51.8. The van der Waals surface area contributed by atoms with Gasteiger partial charge in [0.25, 0.3) is 0 Å². The van der Waals surface area contributed by atoms with Gasteiger partial charge in [-0.05, 0) is 12.3 Å². The van der Waals surface area contributed by atoms with Crippen molar-refractivity contribution in [1.29, 1.82) is 0 Å². The van der Waals surface area contributed by atoms with Gasteiger partial charge in [-0.15, -0.1) is 0 Å². The maximum Gasteiger partial charge on any atom is 0.342 e. The summed E-state index contributed by atoms with van der Waals surface area (Å²) in [5.41, 5.74) is -4.01. The van der Waals surface area contributed by atoms with Crippen LogP contribution in [0.25, 0.3) is 0 Å². The van der Waals surface area contributed by atoms with Gasteiger partial charge in [-0.1, -0.05) is 27.7 Å². The molecule has 4 fully saturated rings. The van der Waals surface area contributed by atoms with Crippen LogP contribution in [0.3, 0.4) is 0 Å². The second-order valence-electron chi connectivity index (χ2n) is 7.35. The SMILES string of the molecule is CC.C[C@H]1C(=O)CC2[C@@]13C[C@@H](OC(=O)[C@H]3O)[C@@]1(O)C(=O)OC[C@@]21C. The highest BCUT2D eigenvalue weighted by molar-refractivity contribution is 5.91. The number of aliphatic hydroxyl groups excluding tert-OH is 1. The first kappa shape index (κ1) is 17.4. The van der Waals surface area contributed by atoms with Crippen LogP contribution in [0, 0.1) is 22.7 Å². The molecule has 2 saturated carbocycles. The molecule has 24 heavy (non-hydrogen) atoms. The molecule has 0 aromatic heterocycles. The van der Waals surface area contributed by atoms with Gasteiger partial charge in [-0.2, -0.15) is 0 Å². The van der Waals surface area contributed by atoms with E-state index < -0.39 is 52.4 Å². The van der Waals surface area contributed by atoms with Crippen LogP contribution in [0.5, 0.6) is 0 Å². The Bertz CT molecular complexity index is 616. The monoisotopic (exact) mass is 340 g/mol. The summed E-state index contributed by atoms with van der Waals surface area (Å²) in [6.45, 7) is 7.34. The molecule has 2 heterocycles. The predicted molar refractivity (Wildman–Crippen MR) is 80.6 cm³/mol. The summed E-state index contributed by atoms with van der Waals surface area (Å²) >= 11 is 0. The minimum atomic E-state index is -1.96. The van der Waals surface area contributed by atoms with Crippen LogP contribution in [0.2, 0.25) is 0 Å². The molecule has 1 unspecified atom stereocenters. The van der Waals surface area contributed by atoms with Crippen molar-refractivity contribution in [3.05, 3.63) is 0 Å². The number of rotatable bonds is 0.